The normalized spacial score (nSPS) is 15.7. The molecule has 0 saturated carbocycles. The van der Waals surface area contributed by atoms with Crippen LogP contribution in [0.4, 0.5) is 5.69 Å². The van der Waals surface area contributed by atoms with Gasteiger partial charge in [-0.1, -0.05) is 37.3 Å². The molecule has 2 aromatic rings. The second-order valence-corrected chi connectivity index (χ2v) is 8.83. The van der Waals surface area contributed by atoms with E-state index < -0.39 is 5.97 Å². The van der Waals surface area contributed by atoms with E-state index >= 15 is 0 Å². The Morgan fingerprint density at radius 1 is 1.23 bits per heavy atom. The number of carbonyl (C=O) groups excluding carboxylic acids is 1. The average molecular weight is 444 g/mol. The Balaban J connectivity index is 1.59. The molecule has 0 radical (unpaired) electrons. The summed E-state index contributed by atoms with van der Waals surface area (Å²) >= 11 is 2.78. The van der Waals surface area contributed by atoms with Crippen molar-refractivity contribution in [2.45, 2.75) is 33.1 Å². The van der Waals surface area contributed by atoms with Crippen LogP contribution in [0, 0.1) is 5.92 Å². The number of benzene rings is 1. The van der Waals surface area contributed by atoms with Crippen LogP contribution < -0.4 is 5.48 Å². The molecule has 1 atom stereocenters. The van der Waals surface area contributed by atoms with Gasteiger partial charge in [-0.15, -0.1) is 23.1 Å². The predicted octanol–water partition coefficient (Wildman–Crippen LogP) is 6.15. The van der Waals surface area contributed by atoms with Crippen molar-refractivity contribution in [3.63, 3.8) is 0 Å². The summed E-state index contributed by atoms with van der Waals surface area (Å²) in [6.07, 6.45) is 4.25. The number of nitrogens with one attached hydrogen (secondary N) is 1. The lowest BCUT2D eigenvalue weighted by molar-refractivity contribution is -0.116. The molecule has 1 aliphatic heterocycles. The number of allylic oxidation sites excluding steroid dienone is 2. The first-order chi connectivity index (χ1) is 14.5. The summed E-state index contributed by atoms with van der Waals surface area (Å²) in [5.41, 5.74) is 6.19. The summed E-state index contributed by atoms with van der Waals surface area (Å²) in [4.78, 5) is 30.1. The van der Waals surface area contributed by atoms with E-state index in [1.54, 1.807) is 17.8 Å². The van der Waals surface area contributed by atoms with Crippen LogP contribution in [0.2, 0.25) is 0 Å². The van der Waals surface area contributed by atoms with E-state index in [4.69, 9.17) is 4.84 Å². The molecular formula is C23H25NO4S2. The molecule has 0 bridgehead atoms. The number of thiophene rings is 1. The zero-order valence-electron chi connectivity index (χ0n) is 17.0. The minimum Gasteiger partial charge on any atom is -0.477 e. The highest BCUT2D eigenvalue weighted by atomic mass is 32.2. The molecule has 0 spiro atoms. The fraction of sp³-hybridized carbons (Fsp3) is 0.304. The summed E-state index contributed by atoms with van der Waals surface area (Å²) in [6.45, 7) is 4.32. The van der Waals surface area contributed by atoms with Crippen LogP contribution in [-0.2, 0) is 16.1 Å². The molecule has 158 valence electrons. The van der Waals surface area contributed by atoms with Gasteiger partial charge in [0.1, 0.15) is 4.88 Å². The van der Waals surface area contributed by atoms with Crippen molar-refractivity contribution in [1.82, 2.24) is 0 Å². The highest BCUT2D eigenvalue weighted by Crippen LogP contribution is 2.35. The minimum absolute atomic E-state index is 0.196. The van der Waals surface area contributed by atoms with Crippen molar-refractivity contribution in [3.05, 3.63) is 63.2 Å². The Morgan fingerprint density at radius 3 is 2.67 bits per heavy atom. The smallest absolute Gasteiger partial charge is 0.348 e. The first kappa shape index (κ1) is 22.3. The van der Waals surface area contributed by atoms with Crippen LogP contribution in [0.25, 0.3) is 10.4 Å². The highest BCUT2D eigenvalue weighted by Gasteiger charge is 2.18. The Morgan fingerprint density at radius 2 is 2.00 bits per heavy atom. The second kappa shape index (κ2) is 10.6. The van der Waals surface area contributed by atoms with Gasteiger partial charge in [0.2, 0.25) is 0 Å². The van der Waals surface area contributed by atoms with Crippen molar-refractivity contribution in [1.29, 1.82) is 0 Å². The number of carbonyl (C=O) groups is 2. The van der Waals surface area contributed by atoms with Gasteiger partial charge >= 0.3 is 5.97 Å². The lowest BCUT2D eigenvalue weighted by atomic mass is 9.95. The molecular weight excluding hydrogens is 418 g/mol. The van der Waals surface area contributed by atoms with Gasteiger partial charge in [-0.2, -0.15) is 0 Å². The average Bonchev–Trinajstić information content (AvgIpc) is 3.17. The molecule has 1 aromatic carbocycles. The molecule has 1 aliphatic rings. The number of aryl methyl sites for hydroxylation is 1. The third kappa shape index (κ3) is 5.62. The highest BCUT2D eigenvalue weighted by molar-refractivity contribution is 8.05. The molecule has 2 heterocycles. The maximum atomic E-state index is 12.4. The van der Waals surface area contributed by atoms with E-state index in [9.17, 15) is 14.7 Å². The summed E-state index contributed by atoms with van der Waals surface area (Å²) < 4.78 is 0. The van der Waals surface area contributed by atoms with Crippen LogP contribution in [0.1, 0.15) is 41.9 Å². The molecule has 3 rings (SSSR count). The van der Waals surface area contributed by atoms with E-state index in [1.165, 1.54) is 11.3 Å². The monoisotopic (exact) mass is 443 g/mol. The molecule has 0 aliphatic carbocycles. The summed E-state index contributed by atoms with van der Waals surface area (Å²) in [7, 11) is 0. The van der Waals surface area contributed by atoms with E-state index in [-0.39, 0.29) is 16.6 Å². The molecule has 7 heteroatoms. The lowest BCUT2D eigenvalue weighted by Crippen LogP contribution is -2.10. The lowest BCUT2D eigenvalue weighted by Gasteiger charge is -2.14. The molecule has 2 N–H and O–H groups in total. The fourth-order valence-corrected chi connectivity index (χ4v) is 5.00. The maximum Gasteiger partial charge on any atom is 0.348 e. The molecule has 1 unspecified atom stereocenters. The first-order valence-electron chi connectivity index (χ1n) is 9.89. The predicted molar refractivity (Wildman–Crippen MR) is 124 cm³/mol. The topological polar surface area (TPSA) is 75.6 Å². The van der Waals surface area contributed by atoms with Gasteiger partial charge in [-0.05, 0) is 47.8 Å². The second-order valence-electron chi connectivity index (χ2n) is 6.99. The molecule has 0 fully saturated rings. The largest absolute Gasteiger partial charge is 0.477 e. The number of rotatable bonds is 10. The number of hydrogen-bond donors (Lipinski definition) is 2. The van der Waals surface area contributed by atoms with Crippen molar-refractivity contribution >= 4 is 40.5 Å². The summed E-state index contributed by atoms with van der Waals surface area (Å²) in [5.74, 6) is -0.558. The first-order valence-corrected chi connectivity index (χ1v) is 11.6. The SMILES string of the molecule is CCONc1cc(-c2ccc(CCCC(=O)C3=CSC=CC3C)cc2)sc1C(=O)O. The number of hydrogen-bond acceptors (Lipinski definition) is 6. The summed E-state index contributed by atoms with van der Waals surface area (Å²) in [6, 6.07) is 9.86. The van der Waals surface area contributed by atoms with Crippen LogP contribution in [0.5, 0.6) is 0 Å². The van der Waals surface area contributed by atoms with Gasteiger partial charge in [0.05, 0.1) is 12.3 Å². The number of carboxylic acid groups (broad SMARTS) is 1. The van der Waals surface area contributed by atoms with E-state index in [1.807, 2.05) is 48.9 Å². The molecule has 5 nitrogen and oxygen atoms in total. The number of Topliss-reactive ketones (excluding diaryl/α,β-unsaturated/α-hetero) is 1. The Labute approximate surface area is 184 Å². The van der Waals surface area contributed by atoms with E-state index in [0.29, 0.717) is 18.7 Å². The zero-order chi connectivity index (χ0) is 21.5. The Hall–Kier alpha value is -2.35. The number of aromatic carboxylic acids is 1. The number of thioether (sulfide) groups is 1. The molecule has 0 amide bonds. The third-order valence-electron chi connectivity index (χ3n) is 4.81. The quantitative estimate of drug-likeness (QED) is 0.429. The minimum atomic E-state index is -0.981. The van der Waals surface area contributed by atoms with Gasteiger partial charge in [0.15, 0.2) is 5.78 Å². The van der Waals surface area contributed by atoms with E-state index in [2.05, 4.69) is 11.6 Å². The Kier molecular flexibility index (Phi) is 7.90. The molecule has 0 saturated heterocycles. The van der Waals surface area contributed by atoms with Crippen molar-refractivity contribution in [2.75, 3.05) is 12.1 Å². The van der Waals surface area contributed by atoms with Gasteiger partial charge in [0.25, 0.3) is 0 Å². The fourth-order valence-electron chi connectivity index (χ4n) is 3.16. The molecule has 30 heavy (non-hydrogen) atoms. The number of ketones is 1. The van der Waals surface area contributed by atoms with E-state index in [0.717, 1.165) is 34.4 Å². The van der Waals surface area contributed by atoms with Gasteiger partial charge in [-0.25, -0.2) is 4.79 Å². The standard InChI is InChI=1S/C23H25NO4S2/c1-3-28-24-19-13-21(30-22(19)23(26)27)17-9-7-16(8-10-17)5-4-6-20(25)18-14-29-12-11-15(18)2/h7-15,24H,3-6H2,1-2H3,(H,26,27). The number of carboxylic acids is 1. The van der Waals surface area contributed by atoms with Crippen molar-refractivity contribution in [3.8, 4) is 10.4 Å². The van der Waals surface area contributed by atoms with Crippen LogP contribution in [0.3, 0.4) is 0 Å². The van der Waals surface area contributed by atoms with Gasteiger partial charge in [-0.3, -0.25) is 15.1 Å². The Bertz CT molecular complexity index is 960. The third-order valence-corrected chi connectivity index (χ3v) is 6.69. The van der Waals surface area contributed by atoms with Crippen LogP contribution >= 0.6 is 23.1 Å². The van der Waals surface area contributed by atoms with Crippen LogP contribution in [0.15, 0.2) is 52.8 Å². The van der Waals surface area contributed by atoms with Gasteiger partial charge in [0, 0.05) is 22.8 Å². The summed E-state index contributed by atoms with van der Waals surface area (Å²) in [5, 5.41) is 13.4. The van der Waals surface area contributed by atoms with Gasteiger partial charge < -0.3 is 5.11 Å². The number of anilines is 1. The van der Waals surface area contributed by atoms with Crippen LogP contribution in [-0.4, -0.2) is 23.5 Å². The zero-order valence-corrected chi connectivity index (χ0v) is 18.6. The van der Waals surface area contributed by atoms with Crippen molar-refractivity contribution < 1.29 is 19.5 Å². The molecule has 1 aromatic heterocycles. The van der Waals surface area contributed by atoms with Crippen molar-refractivity contribution in [2.24, 2.45) is 5.92 Å². The maximum absolute atomic E-state index is 12.4.